The molecule has 1 aromatic carbocycles. The van der Waals surface area contributed by atoms with Crippen molar-refractivity contribution >= 4 is 17.5 Å². The summed E-state index contributed by atoms with van der Waals surface area (Å²) >= 11 is 1.95. The monoisotopic (exact) mass is 248 g/mol. The molecule has 0 saturated heterocycles. The van der Waals surface area contributed by atoms with E-state index in [9.17, 15) is 4.79 Å². The molecule has 0 aromatic heterocycles. The number of carbonyl (C=O) groups excluding carboxylic acids is 1. The van der Waals surface area contributed by atoms with Gasteiger partial charge in [-0.05, 0) is 24.5 Å². The van der Waals surface area contributed by atoms with Crippen LogP contribution in [-0.2, 0) is 0 Å². The van der Waals surface area contributed by atoms with Gasteiger partial charge in [-0.3, -0.25) is 4.79 Å². The second-order valence-electron chi connectivity index (χ2n) is 4.76. The van der Waals surface area contributed by atoms with Gasteiger partial charge in [0.05, 0.1) is 0 Å². The van der Waals surface area contributed by atoms with E-state index in [0.717, 1.165) is 17.2 Å². The quantitative estimate of drug-likeness (QED) is 0.555. The highest BCUT2D eigenvalue weighted by atomic mass is 32.2. The number of Topliss-reactive ketones (excluding diaryl/α,β-unsaturated/α-hetero) is 1. The summed E-state index contributed by atoms with van der Waals surface area (Å²) in [5.41, 5.74) is 0.856. The summed E-state index contributed by atoms with van der Waals surface area (Å²) in [6, 6.07) is 9.62. The zero-order valence-corrected chi connectivity index (χ0v) is 11.0. The molecule has 0 heterocycles. The summed E-state index contributed by atoms with van der Waals surface area (Å²) < 4.78 is 0. The van der Waals surface area contributed by atoms with Crippen LogP contribution in [0.2, 0.25) is 0 Å². The Morgan fingerprint density at radius 1 is 1.18 bits per heavy atom. The van der Waals surface area contributed by atoms with E-state index in [2.05, 4.69) is 0 Å². The molecule has 1 nitrogen and oxygen atoms in total. The Labute approximate surface area is 108 Å². The summed E-state index contributed by atoms with van der Waals surface area (Å²) in [5, 5.41) is 0. The SMILES string of the molecule is O=C(CCSCC1CCCC1)c1ccccc1. The van der Waals surface area contributed by atoms with Crippen LogP contribution in [0.25, 0.3) is 0 Å². The van der Waals surface area contributed by atoms with E-state index < -0.39 is 0 Å². The Morgan fingerprint density at radius 2 is 1.88 bits per heavy atom. The molecule has 1 aromatic rings. The molecule has 0 radical (unpaired) electrons. The first-order chi connectivity index (χ1) is 8.36. The second-order valence-corrected chi connectivity index (χ2v) is 5.91. The van der Waals surface area contributed by atoms with Crippen molar-refractivity contribution in [2.75, 3.05) is 11.5 Å². The van der Waals surface area contributed by atoms with Crippen molar-refractivity contribution in [1.82, 2.24) is 0 Å². The Morgan fingerprint density at radius 3 is 2.59 bits per heavy atom. The maximum Gasteiger partial charge on any atom is 0.163 e. The number of hydrogen-bond donors (Lipinski definition) is 0. The van der Waals surface area contributed by atoms with Gasteiger partial charge in [0.15, 0.2) is 5.78 Å². The molecule has 2 heteroatoms. The van der Waals surface area contributed by atoms with Gasteiger partial charge in [0.25, 0.3) is 0 Å². The highest BCUT2D eigenvalue weighted by Crippen LogP contribution is 2.28. The average Bonchev–Trinajstić information content (AvgIpc) is 2.88. The van der Waals surface area contributed by atoms with E-state index in [0.29, 0.717) is 6.42 Å². The molecule has 0 unspecified atom stereocenters. The van der Waals surface area contributed by atoms with Gasteiger partial charge in [-0.2, -0.15) is 11.8 Å². The standard InChI is InChI=1S/C15H20OS/c16-15(14-8-2-1-3-9-14)10-11-17-12-13-6-4-5-7-13/h1-3,8-9,13H,4-7,10-12H2. The van der Waals surface area contributed by atoms with Crippen molar-refractivity contribution in [1.29, 1.82) is 0 Å². The van der Waals surface area contributed by atoms with Gasteiger partial charge >= 0.3 is 0 Å². The molecule has 0 N–H and O–H groups in total. The fourth-order valence-electron chi connectivity index (χ4n) is 2.36. The number of hydrogen-bond acceptors (Lipinski definition) is 2. The summed E-state index contributed by atoms with van der Waals surface area (Å²) in [4.78, 5) is 11.8. The van der Waals surface area contributed by atoms with Crippen molar-refractivity contribution < 1.29 is 4.79 Å². The summed E-state index contributed by atoms with van der Waals surface area (Å²) in [7, 11) is 0. The molecule has 0 bridgehead atoms. The molecular formula is C15H20OS. The Hall–Kier alpha value is -0.760. The van der Waals surface area contributed by atoms with E-state index in [1.165, 1.54) is 31.4 Å². The molecular weight excluding hydrogens is 228 g/mol. The maximum absolute atomic E-state index is 11.8. The van der Waals surface area contributed by atoms with E-state index >= 15 is 0 Å². The minimum Gasteiger partial charge on any atom is -0.294 e. The molecule has 0 amide bonds. The molecule has 0 atom stereocenters. The first kappa shape index (κ1) is 12.7. The van der Waals surface area contributed by atoms with Crippen LogP contribution in [0.15, 0.2) is 30.3 Å². The largest absolute Gasteiger partial charge is 0.294 e. The van der Waals surface area contributed by atoms with Crippen molar-refractivity contribution in [3.63, 3.8) is 0 Å². The van der Waals surface area contributed by atoms with Gasteiger partial charge in [0, 0.05) is 17.7 Å². The summed E-state index contributed by atoms with van der Waals surface area (Å²) in [6.07, 6.45) is 6.31. The zero-order chi connectivity index (χ0) is 11.9. The van der Waals surface area contributed by atoms with Gasteiger partial charge in [0.1, 0.15) is 0 Å². The number of rotatable bonds is 6. The van der Waals surface area contributed by atoms with Crippen LogP contribution in [0.4, 0.5) is 0 Å². The minimum atomic E-state index is 0.282. The molecule has 1 fully saturated rings. The number of thioether (sulfide) groups is 1. The van der Waals surface area contributed by atoms with E-state index in [-0.39, 0.29) is 5.78 Å². The molecule has 1 aliphatic rings. The fraction of sp³-hybridized carbons (Fsp3) is 0.533. The lowest BCUT2D eigenvalue weighted by Gasteiger charge is -2.07. The van der Waals surface area contributed by atoms with Gasteiger partial charge in [-0.15, -0.1) is 0 Å². The van der Waals surface area contributed by atoms with Crippen molar-refractivity contribution in [2.45, 2.75) is 32.1 Å². The van der Waals surface area contributed by atoms with Crippen LogP contribution in [0.1, 0.15) is 42.5 Å². The third-order valence-corrected chi connectivity index (χ3v) is 4.60. The zero-order valence-electron chi connectivity index (χ0n) is 10.2. The molecule has 92 valence electrons. The van der Waals surface area contributed by atoms with E-state index in [1.54, 1.807) is 0 Å². The van der Waals surface area contributed by atoms with Crippen LogP contribution < -0.4 is 0 Å². The number of carbonyl (C=O) groups is 1. The smallest absolute Gasteiger partial charge is 0.163 e. The lowest BCUT2D eigenvalue weighted by atomic mass is 10.1. The van der Waals surface area contributed by atoms with Gasteiger partial charge in [-0.25, -0.2) is 0 Å². The van der Waals surface area contributed by atoms with E-state index in [1.807, 2.05) is 42.1 Å². The molecule has 17 heavy (non-hydrogen) atoms. The molecule has 1 aliphatic carbocycles. The van der Waals surface area contributed by atoms with Crippen molar-refractivity contribution in [2.24, 2.45) is 5.92 Å². The first-order valence-corrected chi connectivity index (χ1v) is 7.68. The van der Waals surface area contributed by atoms with Gasteiger partial charge < -0.3 is 0 Å². The predicted molar refractivity (Wildman–Crippen MR) is 74.7 cm³/mol. The summed E-state index contributed by atoms with van der Waals surface area (Å²) in [5.74, 6) is 3.43. The average molecular weight is 248 g/mol. The highest BCUT2D eigenvalue weighted by molar-refractivity contribution is 7.99. The third-order valence-electron chi connectivity index (χ3n) is 3.40. The predicted octanol–water partition coefficient (Wildman–Crippen LogP) is 4.18. The van der Waals surface area contributed by atoms with Crippen molar-refractivity contribution in [3.8, 4) is 0 Å². The maximum atomic E-state index is 11.8. The lowest BCUT2D eigenvalue weighted by Crippen LogP contribution is -2.02. The fourth-order valence-corrected chi connectivity index (χ4v) is 3.52. The first-order valence-electron chi connectivity index (χ1n) is 6.52. The van der Waals surface area contributed by atoms with Crippen molar-refractivity contribution in [3.05, 3.63) is 35.9 Å². The van der Waals surface area contributed by atoms with Gasteiger partial charge in [-0.1, -0.05) is 43.2 Å². The third kappa shape index (κ3) is 4.19. The van der Waals surface area contributed by atoms with Crippen LogP contribution in [0, 0.1) is 5.92 Å². The Kier molecular flexibility index (Phi) is 5.11. The molecule has 2 rings (SSSR count). The number of benzene rings is 1. The van der Waals surface area contributed by atoms with Crippen LogP contribution >= 0.6 is 11.8 Å². The Bertz CT molecular complexity index is 341. The molecule has 0 spiro atoms. The van der Waals surface area contributed by atoms with Crippen LogP contribution in [0.5, 0.6) is 0 Å². The van der Waals surface area contributed by atoms with Crippen LogP contribution in [-0.4, -0.2) is 17.3 Å². The normalized spacial score (nSPS) is 16.2. The molecule has 1 saturated carbocycles. The molecule has 0 aliphatic heterocycles. The number of ketones is 1. The van der Waals surface area contributed by atoms with Crippen LogP contribution in [0.3, 0.4) is 0 Å². The van der Waals surface area contributed by atoms with Gasteiger partial charge in [0.2, 0.25) is 0 Å². The highest BCUT2D eigenvalue weighted by Gasteiger charge is 2.14. The second kappa shape index (κ2) is 6.85. The van der Waals surface area contributed by atoms with E-state index in [4.69, 9.17) is 0 Å². The topological polar surface area (TPSA) is 17.1 Å². The minimum absolute atomic E-state index is 0.282. The summed E-state index contributed by atoms with van der Waals surface area (Å²) in [6.45, 7) is 0. The lowest BCUT2D eigenvalue weighted by molar-refractivity contribution is 0.0989. The Balaban J connectivity index is 1.63.